The van der Waals surface area contributed by atoms with Crippen molar-refractivity contribution in [2.45, 2.75) is 44.8 Å². The molecule has 3 aliphatic heterocycles. The van der Waals surface area contributed by atoms with Crippen molar-refractivity contribution in [2.24, 2.45) is 0 Å². The third-order valence-electron chi connectivity index (χ3n) is 7.78. The largest absolute Gasteiger partial charge is 0.432 e. The summed E-state index contributed by atoms with van der Waals surface area (Å²) in [6.45, 7) is 3.31. The van der Waals surface area contributed by atoms with Gasteiger partial charge in [-0.25, -0.2) is 9.97 Å². The number of carbonyl (C=O) groups is 3. The van der Waals surface area contributed by atoms with Crippen LogP contribution in [-0.2, 0) is 22.7 Å². The molecule has 1 aromatic carbocycles. The number of rotatable bonds is 5. The number of nitrogens with one attached hydrogen (secondary N) is 1. The van der Waals surface area contributed by atoms with Crippen LogP contribution in [0.15, 0.2) is 53.4 Å². The zero-order valence-electron chi connectivity index (χ0n) is 20.7. The molecule has 2 fully saturated rings. The van der Waals surface area contributed by atoms with Crippen molar-refractivity contribution in [1.82, 2.24) is 29.7 Å². The first-order valence-corrected chi connectivity index (χ1v) is 13.0. The minimum absolute atomic E-state index is 0.183. The monoisotopic (exact) mass is 510 g/mol. The Morgan fingerprint density at radius 1 is 1.08 bits per heavy atom. The third kappa shape index (κ3) is 3.79. The molecule has 2 saturated heterocycles. The van der Waals surface area contributed by atoms with Crippen LogP contribution in [-0.4, -0.2) is 61.2 Å². The van der Waals surface area contributed by atoms with Crippen LogP contribution in [0.25, 0.3) is 28.3 Å². The van der Waals surface area contributed by atoms with E-state index in [9.17, 15) is 14.4 Å². The Morgan fingerprint density at radius 3 is 2.74 bits per heavy atom. The minimum atomic E-state index is -0.637. The molecule has 3 amide bonds. The topological polar surface area (TPSA) is 114 Å². The first-order valence-electron chi connectivity index (χ1n) is 13.0. The van der Waals surface area contributed by atoms with E-state index in [0.29, 0.717) is 24.5 Å². The van der Waals surface area contributed by atoms with E-state index in [1.165, 1.54) is 18.4 Å². The van der Waals surface area contributed by atoms with Crippen molar-refractivity contribution in [2.75, 3.05) is 13.1 Å². The fraction of sp³-hybridized carbons (Fsp3) is 0.321. The van der Waals surface area contributed by atoms with Gasteiger partial charge in [-0.05, 0) is 67.7 Å². The normalized spacial score (nSPS) is 19.9. The summed E-state index contributed by atoms with van der Waals surface area (Å²) in [5.41, 5.74) is 5.07. The number of hydrogen-bond donors (Lipinski definition) is 1. The van der Waals surface area contributed by atoms with Crippen molar-refractivity contribution in [3.05, 3.63) is 65.7 Å². The molecular formula is C28H26N6O4. The molecule has 0 spiro atoms. The molecule has 0 radical (unpaired) electrons. The van der Waals surface area contributed by atoms with Gasteiger partial charge in [0.05, 0.1) is 11.9 Å². The van der Waals surface area contributed by atoms with E-state index >= 15 is 0 Å². The molecule has 3 aliphatic rings. The van der Waals surface area contributed by atoms with Gasteiger partial charge in [0.1, 0.15) is 18.0 Å². The van der Waals surface area contributed by atoms with Crippen molar-refractivity contribution in [3.63, 3.8) is 0 Å². The fourth-order valence-corrected chi connectivity index (χ4v) is 5.86. The Morgan fingerprint density at radius 2 is 1.95 bits per heavy atom. The second kappa shape index (κ2) is 8.91. The smallest absolute Gasteiger partial charge is 0.307 e. The second-order valence-electron chi connectivity index (χ2n) is 10.2. The molecule has 0 unspecified atom stereocenters. The van der Waals surface area contributed by atoms with Crippen LogP contribution in [0, 0.1) is 0 Å². The quantitative estimate of drug-likeness (QED) is 0.411. The number of fused-ring (bicyclic) bond motifs is 2. The van der Waals surface area contributed by atoms with Crippen LogP contribution < -0.4 is 5.32 Å². The number of likely N-dealkylation sites (tertiary alicyclic amines) is 1. The molecule has 3 aromatic heterocycles. The maximum Gasteiger partial charge on any atom is 0.307 e. The van der Waals surface area contributed by atoms with Gasteiger partial charge in [0.25, 0.3) is 5.91 Å². The minimum Gasteiger partial charge on any atom is -0.432 e. The summed E-state index contributed by atoms with van der Waals surface area (Å²) in [5.74, 6) is -0.885. The number of pyridine rings is 1. The Balaban J connectivity index is 1.27. The van der Waals surface area contributed by atoms with Gasteiger partial charge in [0.15, 0.2) is 0 Å². The summed E-state index contributed by atoms with van der Waals surface area (Å²) in [7, 11) is 0. The Kier molecular flexibility index (Phi) is 5.36. The van der Waals surface area contributed by atoms with Gasteiger partial charge < -0.3 is 9.32 Å². The van der Waals surface area contributed by atoms with Crippen LogP contribution >= 0.6 is 0 Å². The van der Waals surface area contributed by atoms with E-state index in [1.807, 2.05) is 29.0 Å². The number of imide groups is 1. The number of nitrogens with zero attached hydrogens (tertiary/aromatic N) is 5. The van der Waals surface area contributed by atoms with Crippen molar-refractivity contribution < 1.29 is 18.8 Å². The SMILES string of the molecule is O=C1CC[C@H](N2Cc3cc(-c4cc(CN5CCCC5)c5ccn(-c6ncco6)c5n4)ccc3C2=O)C(=O)N1. The average Bonchev–Trinajstić information content (AvgIpc) is 3.72. The van der Waals surface area contributed by atoms with Crippen molar-refractivity contribution in [3.8, 4) is 17.3 Å². The molecule has 1 atom stereocenters. The second-order valence-corrected chi connectivity index (χ2v) is 10.2. The molecule has 10 nitrogen and oxygen atoms in total. The van der Waals surface area contributed by atoms with E-state index in [0.717, 1.165) is 47.5 Å². The van der Waals surface area contributed by atoms with Gasteiger partial charge in [0.2, 0.25) is 11.8 Å². The Labute approximate surface area is 218 Å². The van der Waals surface area contributed by atoms with Gasteiger partial charge in [-0.3, -0.25) is 29.2 Å². The molecule has 0 aliphatic carbocycles. The lowest BCUT2D eigenvalue weighted by atomic mass is 10.0. The molecule has 192 valence electrons. The third-order valence-corrected chi connectivity index (χ3v) is 7.78. The summed E-state index contributed by atoms with van der Waals surface area (Å²) < 4.78 is 7.42. The summed E-state index contributed by atoms with van der Waals surface area (Å²) in [5, 5.41) is 3.41. The average molecular weight is 511 g/mol. The first-order chi connectivity index (χ1) is 18.5. The molecule has 1 N–H and O–H groups in total. The van der Waals surface area contributed by atoms with Crippen LogP contribution in [0.4, 0.5) is 0 Å². The molecule has 0 bridgehead atoms. The zero-order valence-corrected chi connectivity index (χ0v) is 20.7. The fourth-order valence-electron chi connectivity index (χ4n) is 5.86. The number of hydrogen-bond acceptors (Lipinski definition) is 7. The highest BCUT2D eigenvalue weighted by atomic mass is 16.4. The molecule has 10 heteroatoms. The number of oxazole rings is 1. The van der Waals surface area contributed by atoms with Gasteiger partial charge in [0, 0.05) is 42.2 Å². The van der Waals surface area contributed by atoms with E-state index < -0.39 is 11.9 Å². The predicted molar refractivity (Wildman–Crippen MR) is 137 cm³/mol. The van der Waals surface area contributed by atoms with E-state index in [-0.39, 0.29) is 18.2 Å². The maximum absolute atomic E-state index is 13.2. The molecule has 6 heterocycles. The van der Waals surface area contributed by atoms with Crippen LogP contribution in [0.5, 0.6) is 0 Å². The molecular weight excluding hydrogens is 484 g/mol. The number of aromatic nitrogens is 3. The summed E-state index contributed by atoms with van der Waals surface area (Å²) in [4.78, 5) is 50.5. The van der Waals surface area contributed by atoms with Crippen LogP contribution in [0.2, 0.25) is 0 Å². The number of piperidine rings is 1. The Bertz CT molecular complexity index is 1580. The lowest BCUT2D eigenvalue weighted by Crippen LogP contribution is -2.52. The van der Waals surface area contributed by atoms with E-state index in [4.69, 9.17) is 9.40 Å². The number of amides is 3. The van der Waals surface area contributed by atoms with E-state index in [2.05, 4.69) is 27.3 Å². The maximum atomic E-state index is 13.2. The molecule has 7 rings (SSSR count). The van der Waals surface area contributed by atoms with Crippen molar-refractivity contribution in [1.29, 1.82) is 0 Å². The first kappa shape index (κ1) is 22.9. The highest BCUT2D eigenvalue weighted by molar-refractivity contribution is 6.05. The predicted octanol–water partition coefficient (Wildman–Crippen LogP) is 3.04. The summed E-state index contributed by atoms with van der Waals surface area (Å²) >= 11 is 0. The zero-order chi connectivity index (χ0) is 25.8. The van der Waals surface area contributed by atoms with Crippen LogP contribution in [0.1, 0.15) is 47.2 Å². The molecule has 4 aromatic rings. The lowest BCUT2D eigenvalue weighted by Gasteiger charge is -2.29. The lowest BCUT2D eigenvalue weighted by molar-refractivity contribution is -0.136. The molecule has 0 saturated carbocycles. The summed E-state index contributed by atoms with van der Waals surface area (Å²) in [6, 6.07) is 9.73. The highest BCUT2D eigenvalue weighted by Gasteiger charge is 2.39. The number of benzene rings is 1. The Hall–Kier alpha value is -4.31. The van der Waals surface area contributed by atoms with Gasteiger partial charge in [-0.15, -0.1) is 0 Å². The standard InChI is InChI=1S/C28H26N6O4/c35-24-6-5-23(26(36)31-24)34-16-18-13-17(3-4-21(18)27(34)37)22-14-19(15-32-9-1-2-10-32)20-7-11-33(25(20)30-22)28-29-8-12-38-28/h3-4,7-8,11-14,23H,1-2,5-6,9-10,15-16H2,(H,31,35,36)/t23-/m0/s1. The highest BCUT2D eigenvalue weighted by Crippen LogP contribution is 2.33. The molecule has 38 heavy (non-hydrogen) atoms. The van der Waals surface area contributed by atoms with Gasteiger partial charge in [-0.2, -0.15) is 0 Å². The van der Waals surface area contributed by atoms with Crippen LogP contribution in [0.3, 0.4) is 0 Å². The van der Waals surface area contributed by atoms with Crippen molar-refractivity contribution >= 4 is 28.8 Å². The number of carbonyl (C=O) groups excluding carboxylic acids is 3. The summed E-state index contributed by atoms with van der Waals surface area (Å²) in [6.07, 6.45) is 8.08. The van der Waals surface area contributed by atoms with E-state index in [1.54, 1.807) is 17.4 Å². The van der Waals surface area contributed by atoms with Gasteiger partial charge in [-0.1, -0.05) is 6.07 Å². The van der Waals surface area contributed by atoms with Gasteiger partial charge >= 0.3 is 6.01 Å².